The number of halogens is 2. The molecule has 1 aliphatic heterocycles. The van der Waals surface area contributed by atoms with E-state index in [1.807, 2.05) is 6.07 Å². The lowest BCUT2D eigenvalue weighted by Gasteiger charge is -2.23. The fourth-order valence-corrected chi connectivity index (χ4v) is 3.54. The molecule has 0 aliphatic carbocycles. The number of amides is 3. The standard InChI is InChI=1S/C21H14ClFN4O3/c22-15-6-5-14-13(9-25-19(14)18(15)23)7-16-20(29)27(21(30)26-16)17(10-28)12-3-1-11(8-24)2-4-12/h1-7,9,17,25,28H,10H2,(H,26,30)/b16-7-. The smallest absolute Gasteiger partial charge is 0.329 e. The Hall–Kier alpha value is -3.67. The zero-order valence-electron chi connectivity index (χ0n) is 15.3. The van der Waals surface area contributed by atoms with E-state index in [1.54, 1.807) is 30.3 Å². The van der Waals surface area contributed by atoms with E-state index >= 15 is 0 Å². The van der Waals surface area contributed by atoms with Gasteiger partial charge >= 0.3 is 6.03 Å². The molecule has 4 rings (SSSR count). The number of imide groups is 1. The van der Waals surface area contributed by atoms with E-state index in [0.29, 0.717) is 22.1 Å². The monoisotopic (exact) mass is 424 g/mol. The largest absolute Gasteiger partial charge is 0.394 e. The summed E-state index contributed by atoms with van der Waals surface area (Å²) in [6.45, 7) is -0.491. The van der Waals surface area contributed by atoms with Crippen LogP contribution in [0.3, 0.4) is 0 Å². The number of hydrogen-bond acceptors (Lipinski definition) is 4. The summed E-state index contributed by atoms with van der Waals surface area (Å²) in [5.74, 6) is -1.24. The number of benzene rings is 2. The van der Waals surface area contributed by atoms with Crippen LogP contribution in [0.5, 0.6) is 0 Å². The van der Waals surface area contributed by atoms with Gasteiger partial charge in [0.1, 0.15) is 5.70 Å². The van der Waals surface area contributed by atoms with Gasteiger partial charge in [-0.25, -0.2) is 14.1 Å². The molecule has 1 atom stereocenters. The average molecular weight is 425 g/mol. The van der Waals surface area contributed by atoms with Gasteiger partial charge in [0.2, 0.25) is 0 Å². The highest BCUT2D eigenvalue weighted by atomic mass is 35.5. The zero-order chi connectivity index (χ0) is 21.4. The lowest BCUT2D eigenvalue weighted by Crippen LogP contribution is -2.36. The molecule has 7 nitrogen and oxygen atoms in total. The molecule has 1 saturated heterocycles. The SMILES string of the molecule is N#Cc1ccc(C(CO)N2C(=O)N/C(=C\c3c[nH]c4c(F)c(Cl)ccc34)C2=O)cc1. The summed E-state index contributed by atoms with van der Waals surface area (Å²) in [6, 6.07) is 9.62. The van der Waals surface area contributed by atoms with Gasteiger partial charge in [0, 0.05) is 17.1 Å². The van der Waals surface area contributed by atoms with Crippen molar-refractivity contribution in [3.05, 3.63) is 75.8 Å². The van der Waals surface area contributed by atoms with Crippen LogP contribution in [0.25, 0.3) is 17.0 Å². The van der Waals surface area contributed by atoms with E-state index in [2.05, 4.69) is 10.3 Å². The number of aliphatic hydroxyl groups excluding tert-OH is 1. The van der Waals surface area contributed by atoms with Crippen LogP contribution >= 0.6 is 11.6 Å². The minimum Gasteiger partial charge on any atom is -0.394 e. The summed E-state index contributed by atoms with van der Waals surface area (Å²) in [4.78, 5) is 29.1. The van der Waals surface area contributed by atoms with E-state index in [4.69, 9.17) is 16.9 Å². The summed E-state index contributed by atoms with van der Waals surface area (Å²) in [5, 5.41) is 21.7. The molecule has 150 valence electrons. The van der Waals surface area contributed by atoms with Crippen molar-refractivity contribution in [1.29, 1.82) is 5.26 Å². The highest BCUT2D eigenvalue weighted by molar-refractivity contribution is 6.31. The first-order valence-corrected chi connectivity index (χ1v) is 9.24. The summed E-state index contributed by atoms with van der Waals surface area (Å²) in [6.07, 6.45) is 2.93. The van der Waals surface area contributed by atoms with Gasteiger partial charge in [0.15, 0.2) is 5.82 Å². The molecule has 9 heteroatoms. The molecule has 0 radical (unpaired) electrons. The maximum Gasteiger partial charge on any atom is 0.329 e. The second kappa shape index (κ2) is 7.63. The van der Waals surface area contributed by atoms with Crippen molar-refractivity contribution >= 4 is 40.5 Å². The molecule has 3 aromatic rings. The maximum atomic E-state index is 14.1. The molecular weight excluding hydrogens is 411 g/mol. The van der Waals surface area contributed by atoms with E-state index in [0.717, 1.165) is 4.90 Å². The van der Waals surface area contributed by atoms with Gasteiger partial charge in [0.25, 0.3) is 5.91 Å². The predicted octanol–water partition coefficient (Wildman–Crippen LogP) is 3.46. The molecule has 0 spiro atoms. The van der Waals surface area contributed by atoms with Crippen LogP contribution in [-0.4, -0.2) is 33.5 Å². The number of urea groups is 1. The van der Waals surface area contributed by atoms with Crippen LogP contribution in [0.4, 0.5) is 9.18 Å². The van der Waals surface area contributed by atoms with Gasteiger partial charge in [-0.05, 0) is 29.8 Å². The number of aromatic amines is 1. The lowest BCUT2D eigenvalue weighted by atomic mass is 10.0. The van der Waals surface area contributed by atoms with Crippen LogP contribution in [0, 0.1) is 17.1 Å². The third kappa shape index (κ3) is 3.20. The normalized spacial score (nSPS) is 16.2. The van der Waals surface area contributed by atoms with Crippen LogP contribution in [0.15, 0.2) is 48.3 Å². The molecule has 3 N–H and O–H groups in total. The number of aliphatic hydroxyl groups is 1. The van der Waals surface area contributed by atoms with Crippen molar-refractivity contribution in [1.82, 2.24) is 15.2 Å². The highest BCUT2D eigenvalue weighted by Crippen LogP contribution is 2.30. The molecule has 1 aliphatic rings. The third-order valence-electron chi connectivity index (χ3n) is 4.90. The number of H-pyrrole nitrogens is 1. The Morgan fingerprint density at radius 3 is 2.63 bits per heavy atom. The molecule has 0 saturated carbocycles. The maximum absolute atomic E-state index is 14.1. The van der Waals surface area contributed by atoms with E-state index in [9.17, 15) is 19.1 Å². The number of carbonyl (C=O) groups is 2. The number of fused-ring (bicyclic) bond motifs is 1. The molecule has 0 bridgehead atoms. The molecule has 1 fully saturated rings. The average Bonchev–Trinajstić information content (AvgIpc) is 3.28. The van der Waals surface area contributed by atoms with Crippen LogP contribution < -0.4 is 5.32 Å². The minimum atomic E-state index is -0.921. The van der Waals surface area contributed by atoms with Crippen molar-refractivity contribution in [2.45, 2.75) is 6.04 Å². The Kier molecular flexibility index (Phi) is 4.99. The Morgan fingerprint density at radius 2 is 1.97 bits per heavy atom. The van der Waals surface area contributed by atoms with Crippen molar-refractivity contribution in [2.75, 3.05) is 6.61 Å². The van der Waals surface area contributed by atoms with Crippen LogP contribution in [-0.2, 0) is 4.79 Å². The molecule has 30 heavy (non-hydrogen) atoms. The van der Waals surface area contributed by atoms with E-state index in [-0.39, 0.29) is 16.2 Å². The van der Waals surface area contributed by atoms with Gasteiger partial charge in [0.05, 0.1) is 34.8 Å². The summed E-state index contributed by atoms with van der Waals surface area (Å²) in [5.41, 5.74) is 1.59. The molecule has 1 unspecified atom stereocenters. The topological polar surface area (TPSA) is 109 Å². The van der Waals surface area contributed by atoms with Crippen LogP contribution in [0.2, 0.25) is 5.02 Å². The van der Waals surface area contributed by atoms with Gasteiger partial charge in [-0.1, -0.05) is 29.8 Å². The first-order valence-electron chi connectivity index (χ1n) is 8.87. The first kappa shape index (κ1) is 19.6. The number of rotatable bonds is 4. The lowest BCUT2D eigenvalue weighted by molar-refractivity contribution is -0.125. The fourth-order valence-electron chi connectivity index (χ4n) is 3.38. The predicted molar refractivity (Wildman–Crippen MR) is 108 cm³/mol. The van der Waals surface area contributed by atoms with E-state index < -0.39 is 30.4 Å². The third-order valence-corrected chi connectivity index (χ3v) is 5.19. The number of nitrogens with zero attached hydrogens (tertiary/aromatic N) is 2. The van der Waals surface area contributed by atoms with Crippen molar-refractivity contribution < 1.29 is 19.1 Å². The number of nitriles is 1. The quantitative estimate of drug-likeness (QED) is 0.440. The van der Waals surface area contributed by atoms with Crippen molar-refractivity contribution in [3.63, 3.8) is 0 Å². The number of hydrogen-bond donors (Lipinski definition) is 3. The van der Waals surface area contributed by atoms with Gasteiger partial charge in [-0.15, -0.1) is 0 Å². The Labute approximate surface area is 175 Å². The minimum absolute atomic E-state index is 0.0108. The molecule has 2 heterocycles. The van der Waals surface area contributed by atoms with Crippen molar-refractivity contribution in [3.8, 4) is 6.07 Å². The Bertz CT molecular complexity index is 1240. The molecule has 3 amide bonds. The highest BCUT2D eigenvalue weighted by Gasteiger charge is 2.39. The van der Waals surface area contributed by atoms with E-state index in [1.165, 1.54) is 18.3 Å². The van der Waals surface area contributed by atoms with Gasteiger partial charge in [-0.3, -0.25) is 4.79 Å². The Balaban J connectivity index is 1.68. The van der Waals surface area contributed by atoms with Gasteiger partial charge in [-0.2, -0.15) is 5.26 Å². The number of carbonyl (C=O) groups excluding carboxylic acids is 2. The second-order valence-electron chi connectivity index (χ2n) is 6.62. The van der Waals surface area contributed by atoms with Crippen molar-refractivity contribution in [2.24, 2.45) is 0 Å². The zero-order valence-corrected chi connectivity index (χ0v) is 16.1. The number of aromatic nitrogens is 1. The van der Waals surface area contributed by atoms with Crippen LogP contribution in [0.1, 0.15) is 22.7 Å². The summed E-state index contributed by atoms with van der Waals surface area (Å²) >= 11 is 5.79. The Morgan fingerprint density at radius 1 is 1.23 bits per heavy atom. The molecule has 1 aromatic heterocycles. The summed E-state index contributed by atoms with van der Waals surface area (Å²) in [7, 11) is 0. The number of nitrogens with one attached hydrogen (secondary N) is 2. The fraction of sp³-hybridized carbons (Fsp3) is 0.0952. The summed E-state index contributed by atoms with van der Waals surface area (Å²) < 4.78 is 14.1. The first-order chi connectivity index (χ1) is 14.4. The molecule has 2 aromatic carbocycles. The van der Waals surface area contributed by atoms with Gasteiger partial charge < -0.3 is 15.4 Å². The molecular formula is C21H14ClFN4O3. The second-order valence-corrected chi connectivity index (χ2v) is 7.03.